The van der Waals surface area contributed by atoms with Crippen LogP contribution < -0.4 is 9.83 Å². The minimum absolute atomic E-state index is 0.124. The van der Waals surface area contributed by atoms with Gasteiger partial charge in [0.2, 0.25) is 0 Å². The van der Waals surface area contributed by atoms with E-state index < -0.39 is 24.2 Å². The normalized spacial score (nSPS) is 13.9. The van der Waals surface area contributed by atoms with E-state index in [2.05, 4.69) is 45.6 Å². The Morgan fingerprint density at radius 2 is 1.46 bits per heavy atom. The lowest BCUT2D eigenvalue weighted by molar-refractivity contribution is -0.137. The lowest BCUT2D eigenvalue weighted by Crippen LogP contribution is -2.27. The number of aryl methyl sites for hydroxylation is 1. The molecule has 39 heavy (non-hydrogen) atoms. The van der Waals surface area contributed by atoms with Crippen LogP contribution in [0.4, 0.5) is 18.9 Å². The molecule has 0 saturated heterocycles. The Balaban J connectivity index is 1.88. The van der Waals surface area contributed by atoms with Crippen molar-refractivity contribution in [3.63, 3.8) is 0 Å². The van der Waals surface area contributed by atoms with Gasteiger partial charge in [0.25, 0.3) is 0 Å². The van der Waals surface area contributed by atoms with Gasteiger partial charge in [-0.3, -0.25) is 0 Å². The third-order valence-electron chi connectivity index (χ3n) is 6.84. The first-order valence-electron chi connectivity index (χ1n) is 12.7. The van der Waals surface area contributed by atoms with Crippen LogP contribution in [0.1, 0.15) is 33.3 Å². The standard InChI is InChI=1S/C31H29BrF3N2OP/c1-5-37-28-13-9-6-10-24(28)25-20-23(18-19-29(25)37)39(30(2,3)4,38-22-16-14-21(32)15-17-22)36-27-12-8-7-11-26(27)31(33,34)35/h6-20H,5H2,1-4H3/t39-/m0/s1. The molecule has 0 N–H and O–H groups in total. The molecule has 4 aromatic carbocycles. The summed E-state index contributed by atoms with van der Waals surface area (Å²) in [5.74, 6) is 0.547. The molecule has 5 rings (SSSR count). The van der Waals surface area contributed by atoms with Crippen molar-refractivity contribution in [1.82, 2.24) is 4.57 Å². The van der Waals surface area contributed by atoms with Crippen LogP contribution in [-0.2, 0) is 12.7 Å². The van der Waals surface area contributed by atoms with Crippen LogP contribution in [0.25, 0.3) is 21.8 Å². The van der Waals surface area contributed by atoms with Gasteiger partial charge in [-0.15, -0.1) is 0 Å². The quantitative estimate of drug-likeness (QED) is 0.181. The van der Waals surface area contributed by atoms with E-state index in [1.165, 1.54) is 12.1 Å². The number of benzene rings is 4. The van der Waals surface area contributed by atoms with Gasteiger partial charge in [0, 0.05) is 43.3 Å². The molecule has 0 amide bonds. The van der Waals surface area contributed by atoms with E-state index in [9.17, 15) is 13.2 Å². The summed E-state index contributed by atoms with van der Waals surface area (Å²) in [6.45, 7) is 8.85. The monoisotopic (exact) mass is 612 g/mol. The molecular formula is C31H29BrF3N2OP. The van der Waals surface area contributed by atoms with Gasteiger partial charge < -0.3 is 9.09 Å². The van der Waals surface area contributed by atoms with Crippen molar-refractivity contribution in [2.45, 2.75) is 45.6 Å². The van der Waals surface area contributed by atoms with Crippen molar-refractivity contribution in [3.8, 4) is 5.75 Å². The smallest absolute Gasteiger partial charge is 0.418 e. The first kappa shape index (κ1) is 27.5. The average molecular weight is 613 g/mol. The summed E-state index contributed by atoms with van der Waals surface area (Å²) in [6, 6.07) is 27.1. The lowest BCUT2D eigenvalue weighted by Gasteiger charge is -2.37. The van der Waals surface area contributed by atoms with Crippen molar-refractivity contribution >= 4 is 56.0 Å². The predicted octanol–water partition coefficient (Wildman–Crippen LogP) is 10.5. The van der Waals surface area contributed by atoms with Gasteiger partial charge in [0.05, 0.1) is 11.3 Å². The van der Waals surface area contributed by atoms with Crippen molar-refractivity contribution in [2.24, 2.45) is 4.74 Å². The fraction of sp³-hybridized carbons (Fsp3) is 0.226. The molecule has 0 unspecified atom stereocenters. The highest BCUT2D eigenvalue weighted by Gasteiger charge is 2.41. The summed E-state index contributed by atoms with van der Waals surface area (Å²) >= 11 is 3.46. The van der Waals surface area contributed by atoms with E-state index in [1.807, 2.05) is 69.3 Å². The van der Waals surface area contributed by atoms with E-state index >= 15 is 0 Å². The van der Waals surface area contributed by atoms with Crippen molar-refractivity contribution in [1.29, 1.82) is 0 Å². The molecule has 0 bridgehead atoms. The Labute approximate surface area is 234 Å². The average Bonchev–Trinajstić information content (AvgIpc) is 3.21. The summed E-state index contributed by atoms with van der Waals surface area (Å²) in [6.07, 6.45) is -4.55. The van der Waals surface area contributed by atoms with Gasteiger partial charge in [-0.05, 0) is 67.6 Å². The molecule has 0 radical (unpaired) electrons. The summed E-state index contributed by atoms with van der Waals surface area (Å²) in [7, 11) is -3.17. The molecule has 202 valence electrons. The zero-order valence-electron chi connectivity index (χ0n) is 22.1. The highest BCUT2D eigenvalue weighted by Crippen LogP contribution is 2.63. The molecule has 0 spiro atoms. The Bertz CT molecular complexity index is 1720. The zero-order chi connectivity index (χ0) is 28.0. The molecule has 1 aromatic heterocycles. The summed E-state index contributed by atoms with van der Waals surface area (Å²) in [5, 5.41) is 2.25. The van der Waals surface area contributed by atoms with E-state index in [1.54, 1.807) is 6.07 Å². The molecule has 1 atom stereocenters. The number of aromatic nitrogens is 1. The molecule has 1 heterocycles. The highest BCUT2D eigenvalue weighted by atomic mass is 79.9. The number of rotatable bonds is 5. The second kappa shape index (κ2) is 10.2. The number of alkyl halides is 3. The Kier molecular flexibility index (Phi) is 7.19. The van der Waals surface area contributed by atoms with Gasteiger partial charge in [0.15, 0.2) is 7.28 Å². The molecule has 0 aliphatic heterocycles. The fourth-order valence-electron chi connectivity index (χ4n) is 4.98. The molecular weight excluding hydrogens is 584 g/mol. The Morgan fingerprint density at radius 3 is 2.13 bits per heavy atom. The Morgan fingerprint density at radius 1 is 0.821 bits per heavy atom. The van der Waals surface area contributed by atoms with Crippen LogP contribution in [0.15, 0.2) is 100 Å². The minimum atomic E-state index is -4.55. The second-order valence-corrected chi connectivity index (χ2v) is 14.7. The van der Waals surface area contributed by atoms with E-state index in [-0.39, 0.29) is 5.69 Å². The number of para-hydroxylation sites is 1. The Hall–Kier alpha value is -3.02. The third kappa shape index (κ3) is 5.03. The molecule has 0 saturated carbocycles. The highest BCUT2D eigenvalue weighted by molar-refractivity contribution is 9.10. The van der Waals surface area contributed by atoms with Gasteiger partial charge in [0.1, 0.15) is 5.75 Å². The third-order valence-corrected chi connectivity index (χ3v) is 11.1. The molecule has 0 fully saturated rings. The van der Waals surface area contributed by atoms with Gasteiger partial charge >= 0.3 is 6.18 Å². The SMILES string of the molecule is CCn1c2ccccc2c2cc([P@](=Nc3ccccc3C(F)(F)F)(Oc3ccc(Br)cc3)C(C)(C)C)ccc21. The number of fused-ring (bicyclic) bond motifs is 3. The topological polar surface area (TPSA) is 26.5 Å². The maximum absolute atomic E-state index is 14.1. The molecule has 0 aliphatic rings. The van der Waals surface area contributed by atoms with Crippen LogP contribution in [0, 0.1) is 0 Å². The van der Waals surface area contributed by atoms with E-state index in [0.717, 1.165) is 44.2 Å². The van der Waals surface area contributed by atoms with Crippen LogP contribution >= 0.6 is 23.2 Å². The van der Waals surface area contributed by atoms with Crippen LogP contribution in [-0.4, -0.2) is 9.72 Å². The molecule has 5 aromatic rings. The van der Waals surface area contributed by atoms with Gasteiger partial charge in [-0.1, -0.05) is 67.0 Å². The van der Waals surface area contributed by atoms with E-state index in [0.29, 0.717) is 5.75 Å². The van der Waals surface area contributed by atoms with Crippen LogP contribution in [0.3, 0.4) is 0 Å². The molecule has 8 heteroatoms. The zero-order valence-corrected chi connectivity index (χ0v) is 24.6. The number of halogens is 4. The maximum atomic E-state index is 14.1. The predicted molar refractivity (Wildman–Crippen MR) is 160 cm³/mol. The van der Waals surface area contributed by atoms with Crippen LogP contribution in [0.5, 0.6) is 5.75 Å². The molecule has 3 nitrogen and oxygen atoms in total. The van der Waals surface area contributed by atoms with Crippen molar-refractivity contribution < 1.29 is 17.7 Å². The minimum Gasteiger partial charge on any atom is -0.455 e. The number of hydrogen-bond acceptors (Lipinski definition) is 2. The summed E-state index contributed by atoms with van der Waals surface area (Å²) < 4.78 is 57.3. The van der Waals surface area contributed by atoms with Gasteiger partial charge in [-0.25, -0.2) is 4.74 Å². The van der Waals surface area contributed by atoms with Crippen molar-refractivity contribution in [3.05, 3.63) is 101 Å². The largest absolute Gasteiger partial charge is 0.455 e. The summed E-state index contributed by atoms with van der Waals surface area (Å²) in [4.78, 5) is 0. The maximum Gasteiger partial charge on any atom is 0.418 e. The lowest BCUT2D eigenvalue weighted by atomic mass is 10.1. The number of nitrogens with zero attached hydrogens (tertiary/aromatic N) is 2. The summed E-state index contributed by atoms with van der Waals surface area (Å²) in [5.41, 5.74) is 1.27. The first-order valence-corrected chi connectivity index (χ1v) is 15.2. The van der Waals surface area contributed by atoms with E-state index in [4.69, 9.17) is 9.27 Å². The van der Waals surface area contributed by atoms with Crippen molar-refractivity contribution in [2.75, 3.05) is 0 Å². The number of hydrogen-bond donors (Lipinski definition) is 0. The molecule has 0 aliphatic carbocycles. The van der Waals surface area contributed by atoms with Gasteiger partial charge in [-0.2, -0.15) is 13.2 Å². The first-order chi connectivity index (χ1) is 18.4. The second-order valence-electron chi connectivity index (χ2n) is 10.4. The van der Waals surface area contributed by atoms with Crippen LogP contribution in [0.2, 0.25) is 0 Å². The fourth-order valence-corrected chi connectivity index (χ4v) is 8.34.